The number of nitrogens with one attached hydrogen (secondary N) is 1. The van der Waals surface area contributed by atoms with Crippen LogP contribution in [0.2, 0.25) is 0 Å². The Morgan fingerprint density at radius 1 is 1.24 bits per heavy atom. The standard InChI is InChI=1S/C15H33NO/c1-6-8-9-15(7-2,12-14(3)4)13-16-10-11-17-5/h14,16H,6-13H2,1-5H3. The average Bonchev–Trinajstić information content (AvgIpc) is 2.31. The molecule has 0 spiro atoms. The van der Waals surface area contributed by atoms with Crippen molar-refractivity contribution in [3.05, 3.63) is 0 Å². The summed E-state index contributed by atoms with van der Waals surface area (Å²) in [5.41, 5.74) is 0.498. The fourth-order valence-corrected chi connectivity index (χ4v) is 2.65. The van der Waals surface area contributed by atoms with Gasteiger partial charge in [-0.3, -0.25) is 0 Å². The summed E-state index contributed by atoms with van der Waals surface area (Å²) in [7, 11) is 1.76. The monoisotopic (exact) mass is 243 g/mol. The fraction of sp³-hybridized carbons (Fsp3) is 1.00. The van der Waals surface area contributed by atoms with Crippen molar-refractivity contribution in [2.45, 2.75) is 59.8 Å². The van der Waals surface area contributed by atoms with Crippen molar-refractivity contribution in [3.8, 4) is 0 Å². The highest BCUT2D eigenvalue weighted by atomic mass is 16.5. The summed E-state index contributed by atoms with van der Waals surface area (Å²) in [6.45, 7) is 12.2. The van der Waals surface area contributed by atoms with Gasteiger partial charge in [0.1, 0.15) is 0 Å². The molecule has 0 bridgehead atoms. The van der Waals surface area contributed by atoms with E-state index in [1.807, 2.05) is 0 Å². The zero-order chi connectivity index (χ0) is 13.1. The first-order valence-electron chi connectivity index (χ1n) is 7.30. The zero-order valence-electron chi connectivity index (χ0n) is 12.6. The highest BCUT2D eigenvalue weighted by Gasteiger charge is 2.27. The molecule has 0 aliphatic heterocycles. The van der Waals surface area contributed by atoms with E-state index in [0.717, 1.165) is 25.6 Å². The molecular formula is C15H33NO. The Morgan fingerprint density at radius 3 is 2.41 bits per heavy atom. The molecule has 1 atom stereocenters. The van der Waals surface area contributed by atoms with Gasteiger partial charge in [0, 0.05) is 20.2 Å². The summed E-state index contributed by atoms with van der Waals surface area (Å²) < 4.78 is 5.09. The van der Waals surface area contributed by atoms with Crippen molar-refractivity contribution in [2.75, 3.05) is 26.8 Å². The second-order valence-electron chi connectivity index (χ2n) is 5.72. The summed E-state index contributed by atoms with van der Waals surface area (Å²) in [4.78, 5) is 0. The molecule has 2 nitrogen and oxygen atoms in total. The third-order valence-corrected chi connectivity index (χ3v) is 3.63. The summed E-state index contributed by atoms with van der Waals surface area (Å²) in [6.07, 6.45) is 6.64. The number of rotatable bonds is 11. The number of unbranched alkanes of at least 4 members (excludes halogenated alkanes) is 1. The molecule has 0 saturated carbocycles. The van der Waals surface area contributed by atoms with Gasteiger partial charge in [0.2, 0.25) is 0 Å². The summed E-state index contributed by atoms with van der Waals surface area (Å²) in [5.74, 6) is 0.788. The fourth-order valence-electron chi connectivity index (χ4n) is 2.65. The van der Waals surface area contributed by atoms with Gasteiger partial charge >= 0.3 is 0 Å². The van der Waals surface area contributed by atoms with Crippen molar-refractivity contribution in [1.82, 2.24) is 5.32 Å². The predicted octanol–water partition coefficient (Wildman–Crippen LogP) is 3.86. The Morgan fingerprint density at radius 2 is 1.94 bits per heavy atom. The molecule has 104 valence electrons. The predicted molar refractivity (Wildman–Crippen MR) is 76.4 cm³/mol. The van der Waals surface area contributed by atoms with Gasteiger partial charge < -0.3 is 10.1 Å². The van der Waals surface area contributed by atoms with Crippen molar-refractivity contribution >= 4 is 0 Å². The van der Waals surface area contributed by atoms with Gasteiger partial charge in [0.25, 0.3) is 0 Å². The molecular weight excluding hydrogens is 210 g/mol. The lowest BCUT2D eigenvalue weighted by atomic mass is 9.74. The smallest absolute Gasteiger partial charge is 0.0587 e. The Kier molecular flexibility index (Phi) is 9.85. The van der Waals surface area contributed by atoms with Crippen molar-refractivity contribution < 1.29 is 4.74 Å². The van der Waals surface area contributed by atoms with Gasteiger partial charge in [-0.2, -0.15) is 0 Å². The van der Waals surface area contributed by atoms with E-state index < -0.39 is 0 Å². The van der Waals surface area contributed by atoms with Gasteiger partial charge in [-0.1, -0.05) is 40.5 Å². The molecule has 0 aliphatic carbocycles. The van der Waals surface area contributed by atoms with Gasteiger partial charge in [-0.15, -0.1) is 0 Å². The maximum atomic E-state index is 5.09. The molecule has 0 aromatic heterocycles. The third-order valence-electron chi connectivity index (χ3n) is 3.63. The minimum absolute atomic E-state index is 0.498. The molecule has 0 amide bonds. The van der Waals surface area contributed by atoms with Crippen LogP contribution in [-0.4, -0.2) is 26.8 Å². The molecule has 0 saturated heterocycles. The maximum Gasteiger partial charge on any atom is 0.0587 e. The molecule has 2 heteroatoms. The molecule has 1 unspecified atom stereocenters. The van der Waals surface area contributed by atoms with E-state index in [9.17, 15) is 0 Å². The van der Waals surface area contributed by atoms with Crippen LogP contribution in [0.5, 0.6) is 0 Å². The number of hydrogen-bond acceptors (Lipinski definition) is 2. The molecule has 0 aromatic rings. The summed E-state index contributed by atoms with van der Waals surface area (Å²) in [6, 6.07) is 0. The molecule has 0 rings (SSSR count). The number of ether oxygens (including phenoxy) is 1. The quantitative estimate of drug-likeness (QED) is 0.556. The highest BCUT2D eigenvalue weighted by Crippen LogP contribution is 2.35. The molecule has 0 aromatic carbocycles. The molecule has 0 aliphatic rings. The van der Waals surface area contributed by atoms with Crippen LogP contribution in [-0.2, 0) is 4.74 Å². The molecule has 0 fully saturated rings. The minimum atomic E-state index is 0.498. The van der Waals surface area contributed by atoms with Crippen LogP contribution in [0.25, 0.3) is 0 Å². The lowest BCUT2D eigenvalue weighted by Crippen LogP contribution is -2.36. The lowest BCUT2D eigenvalue weighted by molar-refractivity contribution is 0.165. The molecule has 0 radical (unpaired) electrons. The van der Waals surface area contributed by atoms with Gasteiger partial charge in [0.05, 0.1) is 6.61 Å². The first-order valence-corrected chi connectivity index (χ1v) is 7.30. The van der Waals surface area contributed by atoms with E-state index in [4.69, 9.17) is 4.74 Å². The second kappa shape index (κ2) is 9.90. The maximum absolute atomic E-state index is 5.09. The SMILES string of the molecule is CCCCC(CC)(CNCCOC)CC(C)C. The van der Waals surface area contributed by atoms with E-state index in [0.29, 0.717) is 5.41 Å². The Hall–Kier alpha value is -0.0800. The average molecular weight is 243 g/mol. The van der Waals surface area contributed by atoms with Crippen LogP contribution < -0.4 is 5.32 Å². The van der Waals surface area contributed by atoms with Crippen molar-refractivity contribution in [2.24, 2.45) is 11.3 Å². The Bertz CT molecular complexity index is 170. The summed E-state index contributed by atoms with van der Waals surface area (Å²) >= 11 is 0. The molecule has 0 heterocycles. The van der Waals surface area contributed by atoms with Crippen LogP contribution >= 0.6 is 0 Å². The molecule has 17 heavy (non-hydrogen) atoms. The van der Waals surface area contributed by atoms with Gasteiger partial charge in [-0.25, -0.2) is 0 Å². The normalized spacial score (nSPS) is 15.2. The van der Waals surface area contributed by atoms with Crippen molar-refractivity contribution in [3.63, 3.8) is 0 Å². The Balaban J connectivity index is 4.22. The van der Waals surface area contributed by atoms with E-state index >= 15 is 0 Å². The zero-order valence-corrected chi connectivity index (χ0v) is 12.6. The molecule has 1 N–H and O–H groups in total. The topological polar surface area (TPSA) is 21.3 Å². The van der Waals surface area contributed by atoms with E-state index in [-0.39, 0.29) is 0 Å². The number of methoxy groups -OCH3 is 1. The first-order chi connectivity index (χ1) is 8.10. The largest absolute Gasteiger partial charge is 0.383 e. The Labute approximate surface area is 109 Å². The van der Waals surface area contributed by atoms with Gasteiger partial charge in [-0.05, 0) is 30.6 Å². The van der Waals surface area contributed by atoms with Crippen LogP contribution in [0.3, 0.4) is 0 Å². The van der Waals surface area contributed by atoms with Crippen molar-refractivity contribution in [1.29, 1.82) is 0 Å². The van der Waals surface area contributed by atoms with Gasteiger partial charge in [0.15, 0.2) is 0 Å². The van der Waals surface area contributed by atoms with Crippen LogP contribution in [0.4, 0.5) is 0 Å². The lowest BCUT2D eigenvalue weighted by Gasteiger charge is -2.35. The van der Waals surface area contributed by atoms with E-state index in [1.165, 1.54) is 32.1 Å². The number of hydrogen-bond donors (Lipinski definition) is 1. The van der Waals surface area contributed by atoms with E-state index in [1.54, 1.807) is 7.11 Å². The highest BCUT2D eigenvalue weighted by molar-refractivity contribution is 4.81. The summed E-state index contributed by atoms with van der Waals surface area (Å²) in [5, 5.41) is 3.57. The second-order valence-corrected chi connectivity index (χ2v) is 5.72. The van der Waals surface area contributed by atoms with Crippen LogP contribution in [0.1, 0.15) is 59.8 Å². The first kappa shape index (κ1) is 16.9. The van der Waals surface area contributed by atoms with E-state index in [2.05, 4.69) is 33.0 Å². The van der Waals surface area contributed by atoms with Crippen LogP contribution in [0.15, 0.2) is 0 Å². The third kappa shape index (κ3) is 7.77. The van der Waals surface area contributed by atoms with Crippen LogP contribution in [0, 0.1) is 11.3 Å². The minimum Gasteiger partial charge on any atom is -0.383 e.